The van der Waals surface area contributed by atoms with Crippen LogP contribution in [-0.4, -0.2) is 48.4 Å². The number of ether oxygens (including phenoxy) is 1. The van der Waals surface area contributed by atoms with Crippen LogP contribution in [0.4, 0.5) is 5.69 Å². The number of amides is 2. The van der Waals surface area contributed by atoms with Gasteiger partial charge in [-0.3, -0.25) is 9.59 Å². The Labute approximate surface area is 192 Å². The minimum atomic E-state index is -0.0320. The van der Waals surface area contributed by atoms with E-state index in [1.165, 1.54) is 10.9 Å². The SMILES string of the molecule is COc1ccc2[nH]cc(C3CCN(C(=O)c4ccc(Cl)cc4N4CCCC4=O)CC3)c2c1. The van der Waals surface area contributed by atoms with Gasteiger partial charge in [0, 0.05) is 48.2 Å². The highest BCUT2D eigenvalue weighted by Crippen LogP contribution is 2.36. The number of nitrogens with one attached hydrogen (secondary N) is 1. The number of benzene rings is 2. The average molecular weight is 452 g/mol. The zero-order valence-corrected chi connectivity index (χ0v) is 18.8. The molecular formula is C25H26ClN3O3. The molecule has 1 N–H and O–H groups in total. The number of carbonyl (C=O) groups excluding carboxylic acids is 2. The van der Waals surface area contributed by atoms with Crippen molar-refractivity contribution < 1.29 is 14.3 Å². The quantitative estimate of drug-likeness (QED) is 0.608. The number of aromatic amines is 1. The van der Waals surface area contributed by atoms with Gasteiger partial charge in [0.25, 0.3) is 5.91 Å². The largest absolute Gasteiger partial charge is 0.497 e. The Hall–Kier alpha value is -2.99. The van der Waals surface area contributed by atoms with Crippen molar-refractivity contribution in [3.63, 3.8) is 0 Å². The van der Waals surface area contributed by atoms with E-state index in [-0.39, 0.29) is 11.8 Å². The highest BCUT2D eigenvalue weighted by molar-refractivity contribution is 6.31. The lowest BCUT2D eigenvalue weighted by molar-refractivity contribution is -0.117. The maximum absolute atomic E-state index is 13.4. The van der Waals surface area contributed by atoms with Crippen molar-refractivity contribution in [2.24, 2.45) is 0 Å². The van der Waals surface area contributed by atoms with Gasteiger partial charge in [0.15, 0.2) is 0 Å². The summed E-state index contributed by atoms with van der Waals surface area (Å²) >= 11 is 6.20. The number of nitrogens with zero attached hydrogens (tertiary/aromatic N) is 2. The normalized spacial score (nSPS) is 17.4. The summed E-state index contributed by atoms with van der Waals surface area (Å²) in [6.45, 7) is 1.98. The smallest absolute Gasteiger partial charge is 0.255 e. The molecule has 0 saturated carbocycles. The fourth-order valence-electron chi connectivity index (χ4n) is 4.96. The monoisotopic (exact) mass is 451 g/mol. The maximum atomic E-state index is 13.4. The molecule has 2 aliphatic heterocycles. The Kier molecular flexibility index (Phi) is 5.55. The van der Waals surface area contributed by atoms with E-state index < -0.39 is 0 Å². The second kappa shape index (κ2) is 8.51. The van der Waals surface area contributed by atoms with Crippen molar-refractivity contribution in [1.29, 1.82) is 0 Å². The van der Waals surface area contributed by atoms with Crippen LogP contribution in [0.25, 0.3) is 10.9 Å². The second-order valence-corrected chi connectivity index (χ2v) is 8.97. The molecule has 0 bridgehead atoms. The number of halogens is 1. The van der Waals surface area contributed by atoms with Crippen LogP contribution < -0.4 is 9.64 Å². The number of aromatic nitrogens is 1. The third kappa shape index (κ3) is 3.73. The molecule has 0 aliphatic carbocycles. The van der Waals surface area contributed by atoms with E-state index in [1.807, 2.05) is 17.0 Å². The van der Waals surface area contributed by atoms with Crippen molar-refractivity contribution in [3.05, 3.63) is 58.7 Å². The minimum absolute atomic E-state index is 0.0320. The van der Waals surface area contributed by atoms with Gasteiger partial charge in [-0.15, -0.1) is 0 Å². The first-order valence-corrected chi connectivity index (χ1v) is 11.5. The van der Waals surface area contributed by atoms with Crippen LogP contribution in [0.1, 0.15) is 47.5 Å². The molecule has 166 valence electrons. The lowest BCUT2D eigenvalue weighted by atomic mass is 9.89. The number of likely N-dealkylation sites (tertiary alicyclic amines) is 1. The van der Waals surface area contributed by atoms with Gasteiger partial charge in [0.05, 0.1) is 18.4 Å². The molecule has 0 unspecified atom stereocenters. The van der Waals surface area contributed by atoms with Crippen LogP contribution in [0, 0.1) is 0 Å². The fourth-order valence-corrected chi connectivity index (χ4v) is 5.13. The van der Waals surface area contributed by atoms with E-state index in [4.69, 9.17) is 16.3 Å². The van der Waals surface area contributed by atoms with Gasteiger partial charge >= 0.3 is 0 Å². The predicted octanol–water partition coefficient (Wildman–Crippen LogP) is 4.98. The molecule has 0 atom stereocenters. The molecule has 2 fully saturated rings. The number of hydrogen-bond donors (Lipinski definition) is 1. The summed E-state index contributed by atoms with van der Waals surface area (Å²) in [5.74, 6) is 1.24. The summed E-state index contributed by atoms with van der Waals surface area (Å²) in [5.41, 5.74) is 3.57. The predicted molar refractivity (Wildman–Crippen MR) is 126 cm³/mol. The molecule has 3 aromatic rings. The first-order chi connectivity index (χ1) is 15.5. The molecule has 2 saturated heterocycles. The highest BCUT2D eigenvalue weighted by Gasteiger charge is 2.30. The molecule has 2 aliphatic rings. The standard InChI is InChI=1S/C25H26ClN3O3/c1-32-18-5-7-22-20(14-18)21(15-27-22)16-8-11-28(12-9-16)25(31)19-6-4-17(26)13-23(19)29-10-2-3-24(29)30/h4-7,13-16,27H,2-3,8-12H2,1H3. The van der Waals surface area contributed by atoms with Crippen LogP contribution in [0.3, 0.4) is 0 Å². The van der Waals surface area contributed by atoms with Crippen molar-refractivity contribution in [2.45, 2.75) is 31.6 Å². The Morgan fingerprint density at radius 2 is 1.94 bits per heavy atom. The van der Waals surface area contributed by atoms with Gasteiger partial charge < -0.3 is 19.5 Å². The summed E-state index contributed by atoms with van der Waals surface area (Å²) in [6.07, 6.45) is 5.19. The molecule has 1 aromatic heterocycles. The number of H-pyrrole nitrogens is 1. The first kappa shape index (κ1) is 20.9. The molecule has 32 heavy (non-hydrogen) atoms. The van der Waals surface area contributed by atoms with Gasteiger partial charge in [-0.1, -0.05) is 11.6 Å². The van der Waals surface area contributed by atoms with Crippen LogP contribution in [0.15, 0.2) is 42.6 Å². The third-order valence-corrected chi connectivity index (χ3v) is 6.93. The number of fused-ring (bicyclic) bond motifs is 1. The van der Waals surface area contributed by atoms with E-state index >= 15 is 0 Å². The van der Waals surface area contributed by atoms with E-state index in [0.717, 1.165) is 30.5 Å². The molecule has 0 radical (unpaired) electrons. The summed E-state index contributed by atoms with van der Waals surface area (Å²) < 4.78 is 5.40. The number of methoxy groups -OCH3 is 1. The van der Waals surface area contributed by atoms with Crippen molar-refractivity contribution >= 4 is 40.0 Å². The summed E-state index contributed by atoms with van der Waals surface area (Å²) in [4.78, 5) is 32.7. The van der Waals surface area contributed by atoms with Gasteiger partial charge in [-0.25, -0.2) is 0 Å². The summed E-state index contributed by atoms with van der Waals surface area (Å²) in [5, 5.41) is 1.71. The maximum Gasteiger partial charge on any atom is 0.255 e. The van der Waals surface area contributed by atoms with Crippen LogP contribution in [0.2, 0.25) is 5.02 Å². The Balaban J connectivity index is 1.34. The molecule has 3 heterocycles. The number of rotatable bonds is 4. The first-order valence-electron chi connectivity index (χ1n) is 11.1. The van der Waals surface area contributed by atoms with Gasteiger partial charge in [-0.2, -0.15) is 0 Å². The lowest BCUT2D eigenvalue weighted by Gasteiger charge is -2.33. The van der Waals surface area contributed by atoms with E-state index in [2.05, 4.69) is 17.2 Å². The van der Waals surface area contributed by atoms with Gasteiger partial charge in [0.1, 0.15) is 5.75 Å². The van der Waals surface area contributed by atoms with Crippen molar-refractivity contribution in [3.8, 4) is 5.75 Å². The van der Waals surface area contributed by atoms with E-state index in [1.54, 1.807) is 30.2 Å². The van der Waals surface area contributed by atoms with Gasteiger partial charge in [0.2, 0.25) is 5.91 Å². The molecule has 6 nitrogen and oxygen atoms in total. The fraction of sp³-hybridized carbons (Fsp3) is 0.360. The molecule has 2 amide bonds. The topological polar surface area (TPSA) is 65.6 Å². The third-order valence-electron chi connectivity index (χ3n) is 6.70. The Bertz CT molecular complexity index is 1180. The van der Waals surface area contributed by atoms with Crippen LogP contribution in [-0.2, 0) is 4.79 Å². The molecule has 7 heteroatoms. The Morgan fingerprint density at radius 1 is 1.12 bits per heavy atom. The van der Waals surface area contributed by atoms with Crippen molar-refractivity contribution in [1.82, 2.24) is 9.88 Å². The number of anilines is 1. The van der Waals surface area contributed by atoms with E-state index in [0.29, 0.717) is 48.2 Å². The van der Waals surface area contributed by atoms with Crippen molar-refractivity contribution in [2.75, 3.05) is 31.6 Å². The van der Waals surface area contributed by atoms with Gasteiger partial charge in [-0.05, 0) is 67.1 Å². The average Bonchev–Trinajstić information content (AvgIpc) is 3.44. The minimum Gasteiger partial charge on any atom is -0.497 e. The highest BCUT2D eigenvalue weighted by atomic mass is 35.5. The van der Waals surface area contributed by atoms with Crippen LogP contribution >= 0.6 is 11.6 Å². The van der Waals surface area contributed by atoms with Crippen LogP contribution in [0.5, 0.6) is 5.75 Å². The number of piperidine rings is 1. The summed E-state index contributed by atoms with van der Waals surface area (Å²) in [6, 6.07) is 11.3. The molecular weight excluding hydrogens is 426 g/mol. The molecule has 0 spiro atoms. The second-order valence-electron chi connectivity index (χ2n) is 8.53. The molecule has 5 rings (SSSR count). The summed E-state index contributed by atoms with van der Waals surface area (Å²) in [7, 11) is 1.68. The molecule has 2 aromatic carbocycles. The lowest BCUT2D eigenvalue weighted by Crippen LogP contribution is -2.39. The number of hydrogen-bond acceptors (Lipinski definition) is 3. The van der Waals surface area contributed by atoms with E-state index in [9.17, 15) is 9.59 Å². The number of carbonyl (C=O) groups is 2. The zero-order valence-electron chi connectivity index (χ0n) is 18.1. The Morgan fingerprint density at radius 3 is 2.66 bits per heavy atom. The zero-order chi connectivity index (χ0) is 22.2.